The van der Waals surface area contributed by atoms with E-state index in [0.717, 1.165) is 0 Å². The highest BCUT2D eigenvalue weighted by molar-refractivity contribution is 5.92. The second-order valence-corrected chi connectivity index (χ2v) is 5.61. The number of anilines is 1. The molecule has 150 valence electrons. The molecule has 2 rings (SSSR count). The van der Waals surface area contributed by atoms with Crippen molar-refractivity contribution in [3.63, 3.8) is 0 Å². The van der Waals surface area contributed by atoms with Crippen LogP contribution in [-0.2, 0) is 9.53 Å². The predicted octanol–water partition coefficient (Wildman–Crippen LogP) is 3.68. The standard InChI is InChI=1S/C21H25NO6/c1-4-25-18-11-10-16(13-19(18)26-5-2)22-20(23)14-28-17-9-7-8-15(12-17)21(24)27-6-3/h7-13H,4-6,14H2,1-3H3,(H,22,23). The smallest absolute Gasteiger partial charge is 0.338 e. The first kappa shape index (κ1) is 21.1. The van der Waals surface area contributed by atoms with Crippen LogP contribution in [0, 0.1) is 0 Å². The highest BCUT2D eigenvalue weighted by Crippen LogP contribution is 2.30. The maximum absolute atomic E-state index is 12.2. The summed E-state index contributed by atoms with van der Waals surface area (Å²) in [5.41, 5.74) is 0.938. The largest absolute Gasteiger partial charge is 0.490 e. The summed E-state index contributed by atoms with van der Waals surface area (Å²) in [4.78, 5) is 23.9. The van der Waals surface area contributed by atoms with Gasteiger partial charge in [-0.2, -0.15) is 0 Å². The third kappa shape index (κ3) is 6.19. The third-order valence-corrected chi connectivity index (χ3v) is 3.54. The van der Waals surface area contributed by atoms with E-state index in [1.165, 1.54) is 6.07 Å². The maximum atomic E-state index is 12.2. The Kier molecular flexibility index (Phi) is 8.14. The van der Waals surface area contributed by atoms with Crippen LogP contribution in [0.4, 0.5) is 5.69 Å². The van der Waals surface area contributed by atoms with Gasteiger partial charge in [0.1, 0.15) is 5.75 Å². The van der Waals surface area contributed by atoms with Gasteiger partial charge >= 0.3 is 5.97 Å². The molecule has 0 fully saturated rings. The van der Waals surface area contributed by atoms with Gasteiger partial charge in [0.2, 0.25) is 0 Å². The monoisotopic (exact) mass is 387 g/mol. The fraction of sp³-hybridized carbons (Fsp3) is 0.333. The normalized spacial score (nSPS) is 10.1. The van der Waals surface area contributed by atoms with Gasteiger partial charge in [0, 0.05) is 11.8 Å². The van der Waals surface area contributed by atoms with Crippen molar-refractivity contribution in [1.82, 2.24) is 0 Å². The molecule has 0 bridgehead atoms. The molecule has 0 unspecified atom stereocenters. The van der Waals surface area contributed by atoms with Gasteiger partial charge in [-0.1, -0.05) is 6.07 Å². The lowest BCUT2D eigenvalue weighted by atomic mass is 10.2. The van der Waals surface area contributed by atoms with Crippen LogP contribution in [0.3, 0.4) is 0 Å². The molecule has 0 saturated carbocycles. The molecule has 0 aliphatic rings. The molecule has 7 heteroatoms. The molecular formula is C21H25NO6. The van der Waals surface area contributed by atoms with Crippen molar-refractivity contribution in [2.45, 2.75) is 20.8 Å². The number of carbonyl (C=O) groups is 2. The molecule has 0 spiro atoms. The molecule has 1 N–H and O–H groups in total. The summed E-state index contributed by atoms with van der Waals surface area (Å²) < 4.78 is 21.5. The van der Waals surface area contributed by atoms with Crippen LogP contribution < -0.4 is 19.5 Å². The molecule has 1 amide bonds. The quantitative estimate of drug-likeness (QED) is 0.626. The van der Waals surface area contributed by atoms with Crippen LogP contribution in [-0.4, -0.2) is 38.3 Å². The van der Waals surface area contributed by atoms with E-state index in [1.54, 1.807) is 43.3 Å². The van der Waals surface area contributed by atoms with Crippen LogP contribution in [0.2, 0.25) is 0 Å². The molecule has 0 aliphatic carbocycles. The number of rotatable bonds is 10. The minimum atomic E-state index is -0.435. The zero-order valence-electron chi connectivity index (χ0n) is 16.3. The predicted molar refractivity (Wildman–Crippen MR) is 105 cm³/mol. The molecule has 0 saturated heterocycles. The fourth-order valence-corrected chi connectivity index (χ4v) is 2.40. The van der Waals surface area contributed by atoms with Gasteiger partial charge in [-0.05, 0) is 51.1 Å². The van der Waals surface area contributed by atoms with E-state index in [1.807, 2.05) is 13.8 Å². The number of carbonyl (C=O) groups excluding carboxylic acids is 2. The Hall–Kier alpha value is -3.22. The van der Waals surface area contributed by atoms with Gasteiger partial charge in [0.25, 0.3) is 5.91 Å². The number of ether oxygens (including phenoxy) is 4. The van der Waals surface area contributed by atoms with Gasteiger partial charge in [-0.15, -0.1) is 0 Å². The Morgan fingerprint density at radius 1 is 0.857 bits per heavy atom. The van der Waals surface area contributed by atoms with E-state index >= 15 is 0 Å². The molecule has 0 aliphatic heterocycles. The minimum absolute atomic E-state index is 0.205. The summed E-state index contributed by atoms with van der Waals surface area (Å²) in [5.74, 6) is 0.811. The van der Waals surface area contributed by atoms with E-state index in [9.17, 15) is 9.59 Å². The topological polar surface area (TPSA) is 83.1 Å². The van der Waals surface area contributed by atoms with Crippen LogP contribution in [0.25, 0.3) is 0 Å². The zero-order valence-corrected chi connectivity index (χ0v) is 16.3. The first-order valence-corrected chi connectivity index (χ1v) is 9.16. The average Bonchev–Trinajstić information content (AvgIpc) is 2.69. The summed E-state index contributed by atoms with van der Waals surface area (Å²) in [6, 6.07) is 11.7. The average molecular weight is 387 g/mol. The van der Waals surface area contributed by atoms with Gasteiger partial charge in [0.15, 0.2) is 18.1 Å². The summed E-state index contributed by atoms with van der Waals surface area (Å²) in [7, 11) is 0. The van der Waals surface area contributed by atoms with E-state index in [-0.39, 0.29) is 19.1 Å². The van der Waals surface area contributed by atoms with Gasteiger partial charge in [-0.3, -0.25) is 4.79 Å². The summed E-state index contributed by atoms with van der Waals surface area (Å²) in [5, 5.41) is 2.75. The van der Waals surface area contributed by atoms with Crippen LogP contribution in [0.15, 0.2) is 42.5 Å². The Labute approximate surface area is 164 Å². The van der Waals surface area contributed by atoms with Crippen LogP contribution in [0.5, 0.6) is 17.2 Å². The van der Waals surface area contributed by atoms with E-state index in [0.29, 0.717) is 41.7 Å². The molecule has 28 heavy (non-hydrogen) atoms. The molecule has 0 heterocycles. The maximum Gasteiger partial charge on any atom is 0.338 e. The second kappa shape index (κ2) is 10.8. The Bertz CT molecular complexity index is 805. The van der Waals surface area contributed by atoms with Crippen molar-refractivity contribution in [2.24, 2.45) is 0 Å². The number of benzene rings is 2. The third-order valence-electron chi connectivity index (χ3n) is 3.54. The van der Waals surface area contributed by atoms with Crippen molar-refractivity contribution in [2.75, 3.05) is 31.7 Å². The summed E-state index contributed by atoms with van der Waals surface area (Å²) in [6.07, 6.45) is 0. The lowest BCUT2D eigenvalue weighted by Gasteiger charge is -2.13. The molecule has 2 aromatic carbocycles. The molecule has 0 atom stereocenters. The number of hydrogen-bond acceptors (Lipinski definition) is 6. The number of nitrogens with one attached hydrogen (secondary N) is 1. The number of amides is 1. The van der Waals surface area contributed by atoms with Crippen LogP contribution in [0.1, 0.15) is 31.1 Å². The first-order chi connectivity index (χ1) is 13.6. The van der Waals surface area contributed by atoms with Crippen molar-refractivity contribution in [1.29, 1.82) is 0 Å². The molecule has 0 aromatic heterocycles. The van der Waals surface area contributed by atoms with Gasteiger partial charge in [-0.25, -0.2) is 4.79 Å². The van der Waals surface area contributed by atoms with Crippen LogP contribution >= 0.6 is 0 Å². The molecular weight excluding hydrogens is 362 g/mol. The van der Waals surface area contributed by atoms with E-state index < -0.39 is 5.97 Å². The number of hydrogen-bond donors (Lipinski definition) is 1. The highest BCUT2D eigenvalue weighted by atomic mass is 16.5. The lowest BCUT2D eigenvalue weighted by molar-refractivity contribution is -0.118. The van der Waals surface area contributed by atoms with Gasteiger partial charge < -0.3 is 24.3 Å². The Morgan fingerprint density at radius 3 is 2.32 bits per heavy atom. The molecule has 2 aromatic rings. The lowest BCUT2D eigenvalue weighted by Crippen LogP contribution is -2.20. The molecule has 0 radical (unpaired) electrons. The second-order valence-electron chi connectivity index (χ2n) is 5.61. The van der Waals surface area contributed by atoms with Gasteiger partial charge in [0.05, 0.1) is 25.4 Å². The summed E-state index contributed by atoms with van der Waals surface area (Å²) in [6.45, 7) is 6.59. The SMILES string of the molecule is CCOC(=O)c1cccc(OCC(=O)Nc2ccc(OCC)c(OCC)c2)c1. The summed E-state index contributed by atoms with van der Waals surface area (Å²) >= 11 is 0. The van der Waals surface area contributed by atoms with Crippen molar-refractivity contribution in [3.05, 3.63) is 48.0 Å². The van der Waals surface area contributed by atoms with E-state index in [4.69, 9.17) is 18.9 Å². The minimum Gasteiger partial charge on any atom is -0.490 e. The van der Waals surface area contributed by atoms with Crippen molar-refractivity contribution in [3.8, 4) is 17.2 Å². The Morgan fingerprint density at radius 2 is 1.61 bits per heavy atom. The molecule has 7 nitrogen and oxygen atoms in total. The van der Waals surface area contributed by atoms with Crippen molar-refractivity contribution >= 4 is 17.6 Å². The van der Waals surface area contributed by atoms with E-state index in [2.05, 4.69) is 5.32 Å². The first-order valence-electron chi connectivity index (χ1n) is 9.16. The number of esters is 1. The highest BCUT2D eigenvalue weighted by Gasteiger charge is 2.11. The zero-order chi connectivity index (χ0) is 20.4. The van der Waals surface area contributed by atoms with Crippen molar-refractivity contribution < 1.29 is 28.5 Å². The fourth-order valence-electron chi connectivity index (χ4n) is 2.40. The Balaban J connectivity index is 1.96.